The predicted molar refractivity (Wildman–Crippen MR) is 100 cm³/mol. The molecule has 0 saturated heterocycles. The second-order valence-electron chi connectivity index (χ2n) is 6.47. The van der Waals surface area contributed by atoms with E-state index < -0.39 is 0 Å². The second kappa shape index (κ2) is 7.40. The monoisotopic (exact) mass is 368 g/mol. The number of methoxy groups -OCH3 is 2. The van der Waals surface area contributed by atoms with E-state index in [1.54, 1.807) is 20.5 Å². The van der Waals surface area contributed by atoms with E-state index in [0.717, 1.165) is 42.4 Å². The van der Waals surface area contributed by atoms with Gasteiger partial charge in [-0.1, -0.05) is 6.07 Å². The average molecular weight is 368 g/mol. The molecule has 0 bridgehead atoms. The number of aromatic amines is 1. The summed E-state index contributed by atoms with van der Waals surface area (Å²) in [4.78, 5) is 12.6. The summed E-state index contributed by atoms with van der Waals surface area (Å²) in [6.07, 6.45) is 3.33. The molecule has 0 unspecified atom stereocenters. The first-order chi connectivity index (χ1) is 13.2. The maximum Gasteiger partial charge on any atom is 0.161 e. The van der Waals surface area contributed by atoms with Crippen molar-refractivity contribution < 1.29 is 9.47 Å². The summed E-state index contributed by atoms with van der Waals surface area (Å²) in [6.45, 7) is 3.72. The third-order valence-corrected chi connectivity index (χ3v) is 4.86. The number of imidazole rings is 1. The van der Waals surface area contributed by atoms with Crippen molar-refractivity contribution in [2.75, 3.05) is 20.8 Å². The van der Waals surface area contributed by atoms with Crippen molar-refractivity contribution in [3.05, 3.63) is 53.1 Å². The average Bonchev–Trinajstić information content (AvgIpc) is 3.34. The molecule has 1 aromatic carbocycles. The van der Waals surface area contributed by atoms with Crippen molar-refractivity contribution >= 4 is 0 Å². The van der Waals surface area contributed by atoms with Gasteiger partial charge in [-0.3, -0.25) is 0 Å². The van der Waals surface area contributed by atoms with Gasteiger partial charge in [-0.25, -0.2) is 14.6 Å². The third-order valence-electron chi connectivity index (χ3n) is 4.86. The van der Waals surface area contributed by atoms with Crippen LogP contribution in [0, 0.1) is 0 Å². The summed E-state index contributed by atoms with van der Waals surface area (Å²) >= 11 is 0. The van der Waals surface area contributed by atoms with E-state index in [9.17, 15) is 0 Å². The Kier molecular flexibility index (Phi) is 4.81. The highest BCUT2D eigenvalue weighted by atomic mass is 16.5. The fourth-order valence-corrected chi connectivity index (χ4v) is 3.53. The summed E-state index contributed by atoms with van der Waals surface area (Å²) < 4.78 is 12.7. The molecule has 2 N–H and O–H groups in total. The molecular weight excluding hydrogens is 344 g/mol. The Morgan fingerprint density at radius 2 is 2.07 bits per heavy atom. The number of aromatic nitrogens is 5. The first kappa shape index (κ1) is 17.5. The van der Waals surface area contributed by atoms with Crippen LogP contribution in [0.5, 0.6) is 11.5 Å². The predicted octanol–water partition coefficient (Wildman–Crippen LogP) is 1.86. The standard InChI is InChI=1S/C19H24N6O2/c1-4-25-19(18-17-13(7-8-20-18)21-11-22-17)23-16(24-25)10-12-5-6-14(26-2)15(9-12)27-3/h5-6,9,11,18,20H,4,7-8,10H2,1-3H3,(H,21,22)/t18-/m0/s1. The molecule has 4 rings (SSSR count). The second-order valence-corrected chi connectivity index (χ2v) is 6.47. The Bertz CT molecular complexity index is 932. The van der Waals surface area contributed by atoms with Crippen molar-refractivity contribution in [1.82, 2.24) is 30.0 Å². The maximum absolute atomic E-state index is 5.40. The lowest BCUT2D eigenvalue weighted by atomic mass is 10.0. The van der Waals surface area contributed by atoms with Crippen LogP contribution in [0.15, 0.2) is 24.5 Å². The van der Waals surface area contributed by atoms with Crippen molar-refractivity contribution in [1.29, 1.82) is 0 Å². The molecule has 0 radical (unpaired) electrons. The van der Waals surface area contributed by atoms with Crippen LogP contribution in [-0.4, -0.2) is 45.5 Å². The number of ether oxygens (including phenoxy) is 2. The van der Waals surface area contributed by atoms with Gasteiger partial charge in [0.05, 0.1) is 26.2 Å². The molecule has 1 aliphatic heterocycles. The van der Waals surface area contributed by atoms with Crippen molar-refractivity contribution in [2.45, 2.75) is 32.4 Å². The minimum Gasteiger partial charge on any atom is -0.493 e. The maximum atomic E-state index is 5.40. The van der Waals surface area contributed by atoms with Gasteiger partial charge < -0.3 is 19.8 Å². The normalized spacial score (nSPS) is 16.2. The van der Waals surface area contributed by atoms with Crippen LogP contribution in [0.4, 0.5) is 0 Å². The molecule has 3 aromatic rings. The summed E-state index contributed by atoms with van der Waals surface area (Å²) in [7, 11) is 3.27. The van der Waals surface area contributed by atoms with Crippen LogP contribution in [0.25, 0.3) is 0 Å². The molecule has 0 aliphatic carbocycles. The highest BCUT2D eigenvalue weighted by Gasteiger charge is 2.28. The van der Waals surface area contributed by atoms with E-state index in [-0.39, 0.29) is 6.04 Å². The number of hydrogen-bond donors (Lipinski definition) is 2. The minimum atomic E-state index is -0.0356. The summed E-state index contributed by atoms with van der Waals surface area (Å²) in [5, 5.41) is 8.23. The zero-order valence-electron chi connectivity index (χ0n) is 15.8. The van der Waals surface area contributed by atoms with Gasteiger partial charge in [0, 0.05) is 31.6 Å². The molecule has 0 spiro atoms. The Morgan fingerprint density at radius 1 is 1.22 bits per heavy atom. The van der Waals surface area contributed by atoms with Gasteiger partial charge >= 0.3 is 0 Å². The summed E-state index contributed by atoms with van der Waals surface area (Å²) in [6, 6.07) is 5.85. The van der Waals surface area contributed by atoms with E-state index in [0.29, 0.717) is 17.9 Å². The highest BCUT2D eigenvalue weighted by molar-refractivity contribution is 5.43. The lowest BCUT2D eigenvalue weighted by molar-refractivity contribution is 0.354. The van der Waals surface area contributed by atoms with E-state index in [1.807, 2.05) is 22.9 Å². The Balaban J connectivity index is 1.63. The number of benzene rings is 1. The van der Waals surface area contributed by atoms with E-state index in [2.05, 4.69) is 22.2 Å². The molecule has 0 fully saturated rings. The van der Waals surface area contributed by atoms with Gasteiger partial charge in [-0.15, -0.1) is 0 Å². The fraction of sp³-hybridized carbons (Fsp3) is 0.421. The van der Waals surface area contributed by atoms with E-state index in [1.165, 1.54) is 5.69 Å². The van der Waals surface area contributed by atoms with E-state index >= 15 is 0 Å². The lowest BCUT2D eigenvalue weighted by Crippen LogP contribution is -2.32. The number of fused-ring (bicyclic) bond motifs is 1. The zero-order valence-corrected chi connectivity index (χ0v) is 15.8. The van der Waals surface area contributed by atoms with E-state index in [4.69, 9.17) is 19.6 Å². The number of H-pyrrole nitrogens is 1. The van der Waals surface area contributed by atoms with Gasteiger partial charge in [0.25, 0.3) is 0 Å². The molecule has 8 nitrogen and oxygen atoms in total. The van der Waals surface area contributed by atoms with Gasteiger partial charge in [-0.05, 0) is 24.6 Å². The number of rotatable bonds is 6. The van der Waals surface area contributed by atoms with Crippen LogP contribution < -0.4 is 14.8 Å². The zero-order chi connectivity index (χ0) is 18.8. The Hall–Kier alpha value is -2.87. The summed E-state index contributed by atoms with van der Waals surface area (Å²) in [5.74, 6) is 3.11. The third kappa shape index (κ3) is 3.28. The number of nitrogens with one attached hydrogen (secondary N) is 2. The molecule has 27 heavy (non-hydrogen) atoms. The van der Waals surface area contributed by atoms with Crippen LogP contribution >= 0.6 is 0 Å². The molecule has 0 amide bonds. The number of nitrogens with zero attached hydrogens (tertiary/aromatic N) is 4. The SMILES string of the molecule is CCn1nc(Cc2ccc(OC)c(OC)c2)nc1[C@H]1NCCc2[nH]cnc21. The Morgan fingerprint density at radius 3 is 2.85 bits per heavy atom. The first-order valence-corrected chi connectivity index (χ1v) is 9.13. The first-order valence-electron chi connectivity index (χ1n) is 9.13. The molecule has 3 heterocycles. The summed E-state index contributed by atoms with van der Waals surface area (Å²) in [5.41, 5.74) is 3.26. The number of aryl methyl sites for hydroxylation is 1. The molecule has 8 heteroatoms. The van der Waals surface area contributed by atoms with Crippen LogP contribution in [-0.2, 0) is 19.4 Å². The quantitative estimate of drug-likeness (QED) is 0.690. The Labute approximate surface area is 157 Å². The molecule has 142 valence electrons. The van der Waals surface area contributed by atoms with Crippen molar-refractivity contribution in [3.63, 3.8) is 0 Å². The van der Waals surface area contributed by atoms with Crippen LogP contribution in [0.1, 0.15) is 41.6 Å². The highest BCUT2D eigenvalue weighted by Crippen LogP contribution is 2.29. The van der Waals surface area contributed by atoms with Gasteiger partial charge in [0.15, 0.2) is 23.1 Å². The molecule has 1 atom stereocenters. The van der Waals surface area contributed by atoms with Crippen LogP contribution in [0.3, 0.4) is 0 Å². The minimum absolute atomic E-state index is 0.0356. The smallest absolute Gasteiger partial charge is 0.161 e. The molecule has 0 saturated carbocycles. The largest absolute Gasteiger partial charge is 0.493 e. The van der Waals surface area contributed by atoms with Crippen LogP contribution in [0.2, 0.25) is 0 Å². The fourth-order valence-electron chi connectivity index (χ4n) is 3.53. The van der Waals surface area contributed by atoms with Crippen molar-refractivity contribution in [3.8, 4) is 11.5 Å². The van der Waals surface area contributed by atoms with Gasteiger partial charge in [0.1, 0.15) is 6.04 Å². The topological polar surface area (TPSA) is 89.9 Å². The molecule has 2 aromatic heterocycles. The van der Waals surface area contributed by atoms with Gasteiger partial charge in [-0.2, -0.15) is 5.10 Å². The number of hydrogen-bond acceptors (Lipinski definition) is 6. The lowest BCUT2D eigenvalue weighted by Gasteiger charge is -2.22. The van der Waals surface area contributed by atoms with Gasteiger partial charge in [0.2, 0.25) is 0 Å². The molecular formula is C19H24N6O2. The molecule has 1 aliphatic rings. The van der Waals surface area contributed by atoms with Crippen molar-refractivity contribution in [2.24, 2.45) is 0 Å².